The Kier molecular flexibility index (Phi) is 6.22. The summed E-state index contributed by atoms with van der Waals surface area (Å²) in [6.45, 7) is 7.21. The minimum Gasteiger partial charge on any atom is -0.385 e. The van der Waals surface area contributed by atoms with Crippen LogP contribution in [0.15, 0.2) is 0 Å². The van der Waals surface area contributed by atoms with Crippen LogP contribution >= 0.6 is 0 Å². The summed E-state index contributed by atoms with van der Waals surface area (Å²) in [7, 11) is 1.77. The van der Waals surface area contributed by atoms with Crippen LogP contribution in [-0.4, -0.2) is 39.0 Å². The van der Waals surface area contributed by atoms with Crippen molar-refractivity contribution in [1.82, 2.24) is 5.32 Å². The second-order valence-corrected chi connectivity index (χ2v) is 4.69. The molecule has 0 aliphatic carbocycles. The highest BCUT2D eigenvalue weighted by Crippen LogP contribution is 2.12. The summed E-state index contributed by atoms with van der Waals surface area (Å²) in [5.41, 5.74) is 0. The summed E-state index contributed by atoms with van der Waals surface area (Å²) in [6.07, 6.45) is 3.40. The number of nitrogens with one attached hydrogen (secondary N) is 1. The zero-order valence-corrected chi connectivity index (χ0v) is 10.3. The normalized spacial score (nSPS) is 20.8. The molecule has 0 aromatic carbocycles. The van der Waals surface area contributed by atoms with Crippen LogP contribution < -0.4 is 5.32 Å². The number of hydrogen-bond donors (Lipinski definition) is 1. The molecule has 1 aliphatic rings. The maximum Gasteiger partial charge on any atom is 0.0480 e. The molecular formula is C12H25NO2. The molecule has 0 aromatic rings. The molecule has 1 atom stereocenters. The van der Waals surface area contributed by atoms with E-state index in [4.69, 9.17) is 9.47 Å². The molecule has 0 radical (unpaired) electrons. The fourth-order valence-electron chi connectivity index (χ4n) is 2.02. The van der Waals surface area contributed by atoms with E-state index < -0.39 is 0 Å². The van der Waals surface area contributed by atoms with Crippen molar-refractivity contribution >= 4 is 0 Å². The van der Waals surface area contributed by atoms with Crippen molar-refractivity contribution in [3.8, 4) is 0 Å². The smallest absolute Gasteiger partial charge is 0.0480 e. The van der Waals surface area contributed by atoms with Gasteiger partial charge in [0.25, 0.3) is 0 Å². The van der Waals surface area contributed by atoms with E-state index >= 15 is 0 Å². The average Bonchev–Trinajstić information content (AvgIpc) is 2.25. The van der Waals surface area contributed by atoms with E-state index in [9.17, 15) is 0 Å². The summed E-state index contributed by atoms with van der Waals surface area (Å²) in [5.74, 6) is 0.669. The van der Waals surface area contributed by atoms with Crippen LogP contribution in [0.1, 0.15) is 33.1 Å². The summed E-state index contributed by atoms with van der Waals surface area (Å²) >= 11 is 0. The van der Waals surface area contributed by atoms with Crippen molar-refractivity contribution < 1.29 is 9.47 Å². The Labute approximate surface area is 93.5 Å². The van der Waals surface area contributed by atoms with E-state index in [2.05, 4.69) is 19.2 Å². The highest BCUT2D eigenvalue weighted by molar-refractivity contribution is 4.78. The Bertz CT molecular complexity index is 156. The van der Waals surface area contributed by atoms with Gasteiger partial charge in [0, 0.05) is 39.0 Å². The van der Waals surface area contributed by atoms with Gasteiger partial charge < -0.3 is 14.8 Å². The third-order valence-corrected chi connectivity index (χ3v) is 3.11. The van der Waals surface area contributed by atoms with Crippen molar-refractivity contribution in [1.29, 1.82) is 0 Å². The Morgan fingerprint density at radius 3 is 2.53 bits per heavy atom. The van der Waals surface area contributed by atoms with E-state index in [-0.39, 0.29) is 0 Å². The SMILES string of the molecule is COCCC(NC1CCOCC1)C(C)C. The van der Waals surface area contributed by atoms with Gasteiger partial charge in [-0.1, -0.05) is 13.8 Å². The van der Waals surface area contributed by atoms with Crippen LogP contribution in [0.25, 0.3) is 0 Å². The first-order valence-corrected chi connectivity index (χ1v) is 6.06. The lowest BCUT2D eigenvalue weighted by atomic mass is 9.98. The summed E-state index contributed by atoms with van der Waals surface area (Å²) < 4.78 is 10.5. The lowest BCUT2D eigenvalue weighted by molar-refractivity contribution is 0.0702. The standard InChI is InChI=1S/C12H25NO2/c1-10(2)12(6-7-14-3)13-11-4-8-15-9-5-11/h10-13H,4-9H2,1-3H3. The first-order chi connectivity index (χ1) is 7.24. The van der Waals surface area contributed by atoms with Crippen LogP contribution in [0.3, 0.4) is 0 Å². The van der Waals surface area contributed by atoms with Gasteiger partial charge in [-0.05, 0) is 25.2 Å². The lowest BCUT2D eigenvalue weighted by Gasteiger charge is -2.30. The Balaban J connectivity index is 2.28. The van der Waals surface area contributed by atoms with Gasteiger partial charge in [-0.2, -0.15) is 0 Å². The van der Waals surface area contributed by atoms with Crippen molar-refractivity contribution in [2.24, 2.45) is 5.92 Å². The molecule has 3 nitrogen and oxygen atoms in total. The van der Waals surface area contributed by atoms with Gasteiger partial charge in [0.2, 0.25) is 0 Å². The van der Waals surface area contributed by atoms with Crippen molar-refractivity contribution in [3.63, 3.8) is 0 Å². The monoisotopic (exact) mass is 215 g/mol. The van der Waals surface area contributed by atoms with Crippen LogP contribution in [-0.2, 0) is 9.47 Å². The fraction of sp³-hybridized carbons (Fsp3) is 1.00. The van der Waals surface area contributed by atoms with E-state index in [0.717, 1.165) is 39.1 Å². The van der Waals surface area contributed by atoms with Crippen molar-refractivity contribution in [2.75, 3.05) is 26.9 Å². The quantitative estimate of drug-likeness (QED) is 0.733. The molecule has 90 valence electrons. The molecule has 0 saturated carbocycles. The Hall–Kier alpha value is -0.120. The molecule has 1 unspecified atom stereocenters. The topological polar surface area (TPSA) is 30.5 Å². The molecule has 1 N–H and O–H groups in total. The maximum absolute atomic E-state index is 5.36. The van der Waals surface area contributed by atoms with Gasteiger partial charge in [-0.25, -0.2) is 0 Å². The molecule has 0 amide bonds. The third kappa shape index (κ3) is 4.96. The zero-order chi connectivity index (χ0) is 11.1. The average molecular weight is 215 g/mol. The van der Waals surface area contributed by atoms with E-state index in [1.165, 1.54) is 0 Å². The molecule has 1 saturated heterocycles. The molecular weight excluding hydrogens is 190 g/mol. The third-order valence-electron chi connectivity index (χ3n) is 3.11. The minimum absolute atomic E-state index is 0.577. The summed E-state index contributed by atoms with van der Waals surface area (Å²) in [4.78, 5) is 0. The molecule has 1 rings (SSSR count). The van der Waals surface area contributed by atoms with Gasteiger partial charge >= 0.3 is 0 Å². The molecule has 1 heterocycles. The molecule has 0 bridgehead atoms. The molecule has 3 heteroatoms. The first-order valence-electron chi connectivity index (χ1n) is 6.06. The Morgan fingerprint density at radius 2 is 2.00 bits per heavy atom. The highest BCUT2D eigenvalue weighted by Gasteiger charge is 2.19. The number of rotatable bonds is 6. The molecule has 1 aliphatic heterocycles. The van der Waals surface area contributed by atoms with Crippen LogP contribution in [0.5, 0.6) is 0 Å². The Morgan fingerprint density at radius 1 is 1.33 bits per heavy atom. The number of hydrogen-bond acceptors (Lipinski definition) is 3. The van der Waals surface area contributed by atoms with Gasteiger partial charge in [0.15, 0.2) is 0 Å². The van der Waals surface area contributed by atoms with Crippen LogP contribution in [0.4, 0.5) is 0 Å². The second-order valence-electron chi connectivity index (χ2n) is 4.69. The summed E-state index contributed by atoms with van der Waals surface area (Å²) in [5, 5.41) is 3.73. The predicted octanol–water partition coefficient (Wildman–Crippen LogP) is 1.82. The minimum atomic E-state index is 0.577. The number of ether oxygens (including phenoxy) is 2. The van der Waals surface area contributed by atoms with Gasteiger partial charge in [0.1, 0.15) is 0 Å². The van der Waals surface area contributed by atoms with E-state index in [1.54, 1.807) is 7.11 Å². The fourth-order valence-corrected chi connectivity index (χ4v) is 2.02. The van der Waals surface area contributed by atoms with Crippen molar-refractivity contribution in [3.05, 3.63) is 0 Å². The van der Waals surface area contributed by atoms with E-state index in [1.807, 2.05) is 0 Å². The molecule has 0 aromatic heterocycles. The lowest BCUT2D eigenvalue weighted by Crippen LogP contribution is -2.44. The highest BCUT2D eigenvalue weighted by atomic mass is 16.5. The zero-order valence-electron chi connectivity index (χ0n) is 10.3. The molecule has 0 spiro atoms. The van der Waals surface area contributed by atoms with Gasteiger partial charge in [0.05, 0.1) is 0 Å². The maximum atomic E-state index is 5.36. The van der Waals surface area contributed by atoms with Gasteiger partial charge in [-0.3, -0.25) is 0 Å². The molecule has 15 heavy (non-hydrogen) atoms. The molecule has 1 fully saturated rings. The van der Waals surface area contributed by atoms with Crippen molar-refractivity contribution in [2.45, 2.75) is 45.2 Å². The van der Waals surface area contributed by atoms with E-state index in [0.29, 0.717) is 18.0 Å². The first kappa shape index (κ1) is 12.9. The predicted molar refractivity (Wildman–Crippen MR) is 62.1 cm³/mol. The largest absolute Gasteiger partial charge is 0.385 e. The van der Waals surface area contributed by atoms with Crippen LogP contribution in [0, 0.1) is 5.92 Å². The number of methoxy groups -OCH3 is 1. The summed E-state index contributed by atoms with van der Waals surface area (Å²) in [6, 6.07) is 1.22. The van der Waals surface area contributed by atoms with Gasteiger partial charge in [-0.15, -0.1) is 0 Å². The van der Waals surface area contributed by atoms with Crippen LogP contribution in [0.2, 0.25) is 0 Å². The second kappa shape index (κ2) is 7.20.